The van der Waals surface area contributed by atoms with Gasteiger partial charge in [0.1, 0.15) is 0 Å². The van der Waals surface area contributed by atoms with E-state index in [1.807, 2.05) is 0 Å². The van der Waals surface area contributed by atoms with E-state index >= 15 is 0 Å². The van der Waals surface area contributed by atoms with E-state index in [2.05, 4.69) is 15.0 Å². The Labute approximate surface area is 93.8 Å². The minimum absolute atomic E-state index is 0.0507. The third kappa shape index (κ3) is 3.34. The molecule has 1 N–H and O–H groups in total. The van der Waals surface area contributed by atoms with Crippen LogP contribution in [-0.2, 0) is 16.1 Å². The molecule has 0 aliphatic carbocycles. The topological polar surface area (TPSA) is 68.3 Å². The predicted molar refractivity (Wildman–Crippen MR) is 57.7 cm³/mol. The van der Waals surface area contributed by atoms with Gasteiger partial charge in [-0.25, -0.2) is 4.79 Å². The molecule has 1 aromatic rings. The highest BCUT2D eigenvalue weighted by Gasteiger charge is 2.06. The number of methoxy groups -OCH3 is 1. The molecule has 1 aromatic heterocycles. The first-order valence-corrected chi connectivity index (χ1v) is 4.97. The second kappa shape index (κ2) is 5.85. The van der Waals surface area contributed by atoms with Gasteiger partial charge in [-0.3, -0.25) is 9.78 Å². The van der Waals surface area contributed by atoms with E-state index in [0.29, 0.717) is 24.2 Å². The van der Waals surface area contributed by atoms with Crippen LogP contribution in [0.3, 0.4) is 0 Å². The summed E-state index contributed by atoms with van der Waals surface area (Å²) in [5.74, 6) is -0.462. The van der Waals surface area contributed by atoms with Crippen molar-refractivity contribution in [2.45, 2.75) is 19.9 Å². The van der Waals surface area contributed by atoms with Crippen molar-refractivity contribution in [3.63, 3.8) is 0 Å². The van der Waals surface area contributed by atoms with Crippen LogP contribution in [0.25, 0.3) is 0 Å². The molecule has 0 atom stereocenters. The number of amides is 1. The zero-order valence-corrected chi connectivity index (χ0v) is 9.32. The van der Waals surface area contributed by atoms with Gasteiger partial charge < -0.3 is 10.1 Å². The van der Waals surface area contributed by atoms with E-state index < -0.39 is 5.97 Å². The molecule has 0 aliphatic heterocycles. The minimum atomic E-state index is -0.412. The van der Waals surface area contributed by atoms with Crippen molar-refractivity contribution in [1.29, 1.82) is 0 Å². The largest absolute Gasteiger partial charge is 0.465 e. The summed E-state index contributed by atoms with van der Waals surface area (Å²) < 4.78 is 4.58. The molecule has 0 spiro atoms. The number of hydrogen-bond donors (Lipinski definition) is 1. The number of esters is 1. The zero-order valence-electron chi connectivity index (χ0n) is 9.32. The number of pyridine rings is 1. The molecule has 5 nitrogen and oxygen atoms in total. The molecule has 0 radical (unpaired) electrons. The number of carbonyl (C=O) groups excluding carboxylic acids is 2. The molecule has 0 aromatic carbocycles. The smallest absolute Gasteiger partial charge is 0.337 e. The maximum absolute atomic E-state index is 11.2. The minimum Gasteiger partial charge on any atom is -0.465 e. The molecule has 0 aliphatic rings. The van der Waals surface area contributed by atoms with Crippen molar-refractivity contribution < 1.29 is 14.3 Å². The molecule has 1 rings (SSSR count). The first kappa shape index (κ1) is 12.2. The summed E-state index contributed by atoms with van der Waals surface area (Å²) in [6.45, 7) is 2.09. The summed E-state index contributed by atoms with van der Waals surface area (Å²) in [5, 5.41) is 2.68. The lowest BCUT2D eigenvalue weighted by molar-refractivity contribution is -0.120. The van der Waals surface area contributed by atoms with E-state index in [1.54, 1.807) is 19.1 Å². The average molecular weight is 222 g/mol. The van der Waals surface area contributed by atoms with Crippen LogP contribution in [0, 0.1) is 0 Å². The average Bonchev–Trinajstić information content (AvgIpc) is 2.35. The standard InChI is InChI=1S/C11H14N2O3/c1-3-10(14)13-7-9-6-8(4-5-12-9)11(15)16-2/h4-6H,3,7H2,1-2H3,(H,13,14). The fraction of sp³-hybridized carbons (Fsp3) is 0.364. The van der Waals surface area contributed by atoms with Crippen LogP contribution in [0.2, 0.25) is 0 Å². The molecule has 1 amide bonds. The molecule has 5 heteroatoms. The summed E-state index contributed by atoms with van der Waals surface area (Å²) in [7, 11) is 1.32. The quantitative estimate of drug-likeness (QED) is 0.768. The van der Waals surface area contributed by atoms with Crippen molar-refractivity contribution in [2.24, 2.45) is 0 Å². The summed E-state index contributed by atoms with van der Waals surface area (Å²) in [6.07, 6.45) is 1.94. The third-order valence-corrected chi connectivity index (χ3v) is 2.03. The van der Waals surface area contributed by atoms with Gasteiger partial charge >= 0.3 is 5.97 Å². The lowest BCUT2D eigenvalue weighted by atomic mass is 10.2. The monoisotopic (exact) mass is 222 g/mol. The fourth-order valence-corrected chi connectivity index (χ4v) is 1.13. The highest BCUT2D eigenvalue weighted by atomic mass is 16.5. The van der Waals surface area contributed by atoms with Gasteiger partial charge in [0.15, 0.2) is 0 Å². The summed E-state index contributed by atoms with van der Waals surface area (Å²) in [6, 6.07) is 3.17. The van der Waals surface area contributed by atoms with E-state index in [0.717, 1.165) is 0 Å². The molecule has 86 valence electrons. The van der Waals surface area contributed by atoms with E-state index in [1.165, 1.54) is 13.3 Å². The van der Waals surface area contributed by atoms with Gasteiger partial charge in [0, 0.05) is 12.6 Å². The Balaban J connectivity index is 2.67. The third-order valence-electron chi connectivity index (χ3n) is 2.03. The number of nitrogens with zero attached hydrogens (tertiary/aromatic N) is 1. The molecular weight excluding hydrogens is 208 g/mol. The number of aromatic nitrogens is 1. The number of nitrogens with one attached hydrogen (secondary N) is 1. The van der Waals surface area contributed by atoms with Crippen LogP contribution in [0.4, 0.5) is 0 Å². The van der Waals surface area contributed by atoms with E-state index in [9.17, 15) is 9.59 Å². The Morgan fingerprint density at radius 2 is 2.25 bits per heavy atom. The zero-order chi connectivity index (χ0) is 12.0. The maximum Gasteiger partial charge on any atom is 0.337 e. The van der Waals surface area contributed by atoms with Crippen molar-refractivity contribution >= 4 is 11.9 Å². The van der Waals surface area contributed by atoms with Gasteiger partial charge in [0.05, 0.1) is 24.9 Å². The maximum atomic E-state index is 11.2. The van der Waals surface area contributed by atoms with Gasteiger partial charge in [-0.05, 0) is 12.1 Å². The highest BCUT2D eigenvalue weighted by molar-refractivity contribution is 5.89. The Morgan fingerprint density at radius 3 is 2.88 bits per heavy atom. The lowest BCUT2D eigenvalue weighted by Gasteiger charge is -2.04. The summed E-state index contributed by atoms with van der Waals surface area (Å²) in [4.78, 5) is 26.3. The van der Waals surface area contributed by atoms with Gasteiger partial charge in [0.25, 0.3) is 0 Å². The van der Waals surface area contributed by atoms with Gasteiger partial charge in [-0.15, -0.1) is 0 Å². The molecule has 0 saturated carbocycles. The SMILES string of the molecule is CCC(=O)NCc1cc(C(=O)OC)ccn1. The number of hydrogen-bond acceptors (Lipinski definition) is 4. The van der Waals surface area contributed by atoms with E-state index in [4.69, 9.17) is 0 Å². The summed E-state index contributed by atoms with van der Waals surface area (Å²) >= 11 is 0. The van der Waals surface area contributed by atoms with Crippen molar-refractivity contribution in [2.75, 3.05) is 7.11 Å². The van der Waals surface area contributed by atoms with Crippen molar-refractivity contribution in [1.82, 2.24) is 10.3 Å². The van der Waals surface area contributed by atoms with Crippen molar-refractivity contribution in [3.8, 4) is 0 Å². The number of rotatable bonds is 4. The fourth-order valence-electron chi connectivity index (χ4n) is 1.13. The molecule has 0 unspecified atom stereocenters. The first-order chi connectivity index (χ1) is 7.67. The van der Waals surface area contributed by atoms with Gasteiger partial charge in [-0.1, -0.05) is 6.92 Å². The Morgan fingerprint density at radius 1 is 1.50 bits per heavy atom. The Hall–Kier alpha value is -1.91. The van der Waals surface area contributed by atoms with Gasteiger partial charge in [0.2, 0.25) is 5.91 Å². The molecule has 1 heterocycles. The predicted octanol–water partition coefficient (Wildman–Crippen LogP) is 0.894. The van der Waals surface area contributed by atoms with Crippen LogP contribution < -0.4 is 5.32 Å². The molecular formula is C11H14N2O3. The molecule has 0 fully saturated rings. The van der Waals surface area contributed by atoms with Gasteiger partial charge in [-0.2, -0.15) is 0 Å². The normalized spacial score (nSPS) is 9.62. The second-order valence-electron chi connectivity index (χ2n) is 3.16. The highest BCUT2D eigenvalue weighted by Crippen LogP contribution is 2.03. The Kier molecular flexibility index (Phi) is 4.44. The number of ether oxygens (including phenoxy) is 1. The van der Waals surface area contributed by atoms with Crippen LogP contribution in [-0.4, -0.2) is 24.0 Å². The van der Waals surface area contributed by atoms with Crippen LogP contribution in [0.1, 0.15) is 29.4 Å². The number of carbonyl (C=O) groups is 2. The van der Waals surface area contributed by atoms with Crippen molar-refractivity contribution in [3.05, 3.63) is 29.6 Å². The molecule has 0 saturated heterocycles. The van der Waals surface area contributed by atoms with E-state index in [-0.39, 0.29) is 5.91 Å². The lowest BCUT2D eigenvalue weighted by Crippen LogP contribution is -2.22. The van der Waals surface area contributed by atoms with Crippen LogP contribution >= 0.6 is 0 Å². The molecule has 16 heavy (non-hydrogen) atoms. The van der Waals surface area contributed by atoms with Crippen LogP contribution in [0.15, 0.2) is 18.3 Å². The van der Waals surface area contributed by atoms with Crippen LogP contribution in [0.5, 0.6) is 0 Å². The second-order valence-corrected chi connectivity index (χ2v) is 3.16. The Bertz CT molecular complexity index is 391. The summed E-state index contributed by atoms with van der Waals surface area (Å²) in [5.41, 5.74) is 1.06. The molecule has 0 bridgehead atoms. The first-order valence-electron chi connectivity index (χ1n) is 4.97.